The van der Waals surface area contributed by atoms with Gasteiger partial charge in [-0.2, -0.15) is 0 Å². The van der Waals surface area contributed by atoms with Crippen molar-refractivity contribution in [3.8, 4) is 5.75 Å². The van der Waals surface area contributed by atoms with Crippen LogP contribution in [0.2, 0.25) is 0 Å². The third-order valence-corrected chi connectivity index (χ3v) is 2.95. The van der Waals surface area contributed by atoms with Gasteiger partial charge in [0.15, 0.2) is 0 Å². The molecule has 1 saturated carbocycles. The quantitative estimate of drug-likeness (QED) is 0.708. The highest BCUT2D eigenvalue weighted by Gasteiger charge is 2.52. The molecule has 0 bridgehead atoms. The van der Waals surface area contributed by atoms with E-state index < -0.39 is 5.41 Å². The fourth-order valence-corrected chi connectivity index (χ4v) is 1.85. The largest absolute Gasteiger partial charge is 0.497 e. The topological polar surface area (TPSA) is 35.5 Å². The molecule has 0 radical (unpaired) electrons. The summed E-state index contributed by atoms with van der Waals surface area (Å²) in [6.07, 6.45) is 1.74. The highest BCUT2D eigenvalue weighted by Crippen LogP contribution is 2.49. The van der Waals surface area contributed by atoms with E-state index in [4.69, 9.17) is 9.47 Å². The van der Waals surface area contributed by atoms with Crippen molar-refractivity contribution in [3.63, 3.8) is 0 Å². The van der Waals surface area contributed by atoms with Crippen LogP contribution in [0.5, 0.6) is 5.75 Å². The van der Waals surface area contributed by atoms with Crippen molar-refractivity contribution in [2.45, 2.75) is 18.3 Å². The van der Waals surface area contributed by atoms with Crippen molar-refractivity contribution in [1.82, 2.24) is 0 Å². The van der Waals surface area contributed by atoms with Crippen molar-refractivity contribution in [2.24, 2.45) is 0 Å². The van der Waals surface area contributed by atoms with Gasteiger partial charge in [-0.25, -0.2) is 0 Å². The molecule has 1 aromatic carbocycles. The van der Waals surface area contributed by atoms with Gasteiger partial charge in [-0.05, 0) is 30.5 Å². The van der Waals surface area contributed by atoms with Crippen molar-refractivity contribution in [2.75, 3.05) is 14.2 Å². The zero-order valence-electron chi connectivity index (χ0n) is 8.95. The highest BCUT2D eigenvalue weighted by molar-refractivity contribution is 5.86. The second-order valence-electron chi connectivity index (χ2n) is 3.81. The molecule has 0 amide bonds. The Morgan fingerprint density at radius 1 is 1.33 bits per heavy atom. The van der Waals surface area contributed by atoms with Crippen LogP contribution in [0, 0.1) is 0 Å². The molecule has 80 valence electrons. The molecular formula is C12H14O3. The van der Waals surface area contributed by atoms with Crippen molar-refractivity contribution >= 4 is 5.97 Å². The molecule has 0 aliphatic heterocycles. The van der Waals surface area contributed by atoms with Gasteiger partial charge in [0, 0.05) is 0 Å². The molecule has 1 aliphatic rings. The van der Waals surface area contributed by atoms with Crippen LogP contribution >= 0.6 is 0 Å². The fraction of sp³-hybridized carbons (Fsp3) is 0.417. The lowest BCUT2D eigenvalue weighted by Gasteiger charge is -2.13. The Morgan fingerprint density at radius 3 is 2.60 bits per heavy atom. The Hall–Kier alpha value is -1.51. The minimum Gasteiger partial charge on any atom is -0.497 e. The lowest BCUT2D eigenvalue weighted by Crippen LogP contribution is -2.21. The third kappa shape index (κ3) is 1.58. The van der Waals surface area contributed by atoms with Crippen LogP contribution in [0.25, 0.3) is 0 Å². The van der Waals surface area contributed by atoms with Gasteiger partial charge in [0.1, 0.15) is 5.75 Å². The summed E-state index contributed by atoms with van der Waals surface area (Å²) in [5.74, 6) is 0.637. The van der Waals surface area contributed by atoms with Crippen molar-refractivity contribution in [3.05, 3.63) is 29.8 Å². The molecule has 0 aromatic heterocycles. The van der Waals surface area contributed by atoms with Crippen LogP contribution in [0.3, 0.4) is 0 Å². The summed E-state index contributed by atoms with van der Waals surface area (Å²) in [6, 6.07) is 7.63. The maximum Gasteiger partial charge on any atom is 0.316 e. The monoisotopic (exact) mass is 206 g/mol. The molecule has 0 unspecified atom stereocenters. The second-order valence-corrected chi connectivity index (χ2v) is 3.81. The molecule has 3 nitrogen and oxygen atoms in total. The van der Waals surface area contributed by atoms with E-state index in [1.165, 1.54) is 7.11 Å². The van der Waals surface area contributed by atoms with E-state index >= 15 is 0 Å². The van der Waals surface area contributed by atoms with Crippen LogP contribution in [-0.4, -0.2) is 20.2 Å². The first-order valence-electron chi connectivity index (χ1n) is 4.96. The predicted molar refractivity (Wildman–Crippen MR) is 55.9 cm³/mol. The van der Waals surface area contributed by atoms with E-state index in [2.05, 4.69) is 0 Å². The number of hydrogen-bond donors (Lipinski definition) is 0. The van der Waals surface area contributed by atoms with E-state index in [0.717, 1.165) is 24.2 Å². The lowest BCUT2D eigenvalue weighted by atomic mass is 9.96. The van der Waals surface area contributed by atoms with Gasteiger partial charge in [0.05, 0.1) is 19.6 Å². The molecule has 2 rings (SSSR count). The van der Waals surface area contributed by atoms with E-state index in [0.29, 0.717) is 0 Å². The zero-order chi connectivity index (χ0) is 10.9. The minimum absolute atomic E-state index is 0.143. The normalized spacial score (nSPS) is 16.9. The minimum atomic E-state index is -0.400. The Kier molecular flexibility index (Phi) is 2.39. The van der Waals surface area contributed by atoms with E-state index in [9.17, 15) is 4.79 Å². The molecule has 1 aromatic rings. The summed E-state index contributed by atoms with van der Waals surface area (Å²) in [6.45, 7) is 0. The van der Waals surface area contributed by atoms with E-state index in [1.807, 2.05) is 24.3 Å². The molecule has 1 aliphatic carbocycles. The number of ether oxygens (including phenoxy) is 2. The number of hydrogen-bond acceptors (Lipinski definition) is 3. The van der Waals surface area contributed by atoms with Crippen LogP contribution in [0.4, 0.5) is 0 Å². The van der Waals surface area contributed by atoms with Crippen molar-refractivity contribution < 1.29 is 14.3 Å². The second kappa shape index (κ2) is 3.57. The maximum absolute atomic E-state index is 11.6. The molecule has 0 atom stereocenters. The van der Waals surface area contributed by atoms with Gasteiger partial charge in [-0.1, -0.05) is 12.1 Å². The summed E-state index contributed by atoms with van der Waals surface area (Å²) in [5, 5.41) is 0. The first-order chi connectivity index (χ1) is 7.23. The molecule has 0 heterocycles. The summed E-state index contributed by atoms with van der Waals surface area (Å²) in [5.41, 5.74) is 0.595. The van der Waals surface area contributed by atoms with E-state index in [1.54, 1.807) is 7.11 Å². The number of esters is 1. The number of carbonyl (C=O) groups excluding carboxylic acids is 1. The number of rotatable bonds is 3. The van der Waals surface area contributed by atoms with Gasteiger partial charge in [0.2, 0.25) is 0 Å². The summed E-state index contributed by atoms with van der Waals surface area (Å²) in [7, 11) is 3.05. The van der Waals surface area contributed by atoms with Gasteiger partial charge >= 0.3 is 5.97 Å². The first kappa shape index (κ1) is 10.0. The Balaban J connectivity index is 2.33. The summed E-state index contributed by atoms with van der Waals surface area (Å²) in [4.78, 5) is 11.6. The average Bonchev–Trinajstić information content (AvgIpc) is 3.09. The Morgan fingerprint density at radius 2 is 2.07 bits per heavy atom. The first-order valence-corrected chi connectivity index (χ1v) is 4.96. The third-order valence-electron chi connectivity index (χ3n) is 2.95. The Labute approximate surface area is 89.0 Å². The van der Waals surface area contributed by atoms with Gasteiger partial charge < -0.3 is 9.47 Å². The molecular weight excluding hydrogens is 192 g/mol. The smallest absolute Gasteiger partial charge is 0.316 e. The van der Waals surface area contributed by atoms with Gasteiger partial charge in [-0.15, -0.1) is 0 Å². The fourth-order valence-electron chi connectivity index (χ4n) is 1.85. The predicted octanol–water partition coefficient (Wildman–Crippen LogP) is 1.90. The van der Waals surface area contributed by atoms with Crippen LogP contribution < -0.4 is 4.74 Å². The highest BCUT2D eigenvalue weighted by atomic mass is 16.5. The number of carbonyl (C=O) groups is 1. The number of methoxy groups -OCH3 is 2. The van der Waals surface area contributed by atoms with Gasteiger partial charge in [-0.3, -0.25) is 4.79 Å². The lowest BCUT2D eigenvalue weighted by molar-refractivity contribution is -0.143. The van der Waals surface area contributed by atoms with Crippen LogP contribution in [-0.2, 0) is 14.9 Å². The van der Waals surface area contributed by atoms with Crippen LogP contribution in [0.1, 0.15) is 18.4 Å². The van der Waals surface area contributed by atoms with Crippen LogP contribution in [0.15, 0.2) is 24.3 Å². The number of benzene rings is 1. The molecule has 0 saturated heterocycles. The van der Waals surface area contributed by atoms with Crippen molar-refractivity contribution in [1.29, 1.82) is 0 Å². The zero-order valence-corrected chi connectivity index (χ0v) is 8.95. The standard InChI is InChI=1S/C12H14O3/c1-14-10-5-3-4-9(8-10)12(6-7-12)11(13)15-2/h3-5,8H,6-7H2,1-2H3. The Bertz CT molecular complexity index is 380. The van der Waals surface area contributed by atoms with Gasteiger partial charge in [0.25, 0.3) is 0 Å². The summed E-state index contributed by atoms with van der Waals surface area (Å²) >= 11 is 0. The molecule has 15 heavy (non-hydrogen) atoms. The molecule has 0 spiro atoms. The van der Waals surface area contributed by atoms with E-state index in [-0.39, 0.29) is 5.97 Å². The molecule has 3 heteroatoms. The molecule has 1 fully saturated rings. The molecule has 0 N–H and O–H groups in total. The summed E-state index contributed by atoms with van der Waals surface area (Å²) < 4.78 is 9.96. The maximum atomic E-state index is 11.6. The SMILES string of the molecule is COC(=O)C1(c2cccc(OC)c2)CC1. The average molecular weight is 206 g/mol.